The van der Waals surface area contributed by atoms with Crippen molar-refractivity contribution in [2.45, 2.75) is 26.8 Å². The Balaban J connectivity index is 1.81. The monoisotopic (exact) mass is 394 g/mol. The zero-order valence-corrected chi connectivity index (χ0v) is 17.3. The lowest BCUT2D eigenvalue weighted by Crippen LogP contribution is -2.47. The number of aromatic nitrogens is 2. The molecule has 3 rings (SSSR count). The van der Waals surface area contributed by atoms with Crippen LogP contribution in [0, 0.1) is 12.8 Å². The van der Waals surface area contributed by atoms with Gasteiger partial charge in [0.2, 0.25) is 5.91 Å². The van der Waals surface area contributed by atoms with Gasteiger partial charge in [-0.05, 0) is 43.2 Å². The summed E-state index contributed by atoms with van der Waals surface area (Å²) in [4.78, 5) is 37.6. The summed E-state index contributed by atoms with van der Waals surface area (Å²) in [6.45, 7) is 5.67. The number of anilines is 1. The Labute approximate surface area is 169 Å². The molecule has 0 spiro atoms. The molecule has 7 heteroatoms. The standard InChI is InChI=1S/C22H26N4O3/c1-13(2)19(24-20(27)15-8-6-7-14(3)11-15)21(28)23-16-9-10-17-18(12-16)26(5)22(29)25(17)4/h6-13,19H,1-5H3,(H,23,28)(H,24,27)/t19-/m0/s1. The Hall–Kier alpha value is -3.35. The third-order valence-electron chi connectivity index (χ3n) is 5.06. The molecule has 2 N–H and O–H groups in total. The van der Waals surface area contributed by atoms with E-state index in [1.807, 2.05) is 32.9 Å². The van der Waals surface area contributed by atoms with Crippen molar-refractivity contribution in [3.05, 3.63) is 64.1 Å². The number of rotatable bonds is 5. The fourth-order valence-corrected chi connectivity index (χ4v) is 3.35. The highest BCUT2D eigenvalue weighted by Gasteiger charge is 2.25. The molecule has 0 aliphatic carbocycles. The number of nitrogens with zero attached hydrogens (tertiary/aromatic N) is 2. The Bertz CT molecular complexity index is 1140. The lowest BCUT2D eigenvalue weighted by atomic mass is 10.0. The number of benzene rings is 2. The first kappa shape index (κ1) is 20.4. The van der Waals surface area contributed by atoms with E-state index in [9.17, 15) is 14.4 Å². The van der Waals surface area contributed by atoms with Gasteiger partial charge in [-0.2, -0.15) is 0 Å². The average molecular weight is 394 g/mol. The molecule has 3 aromatic rings. The molecule has 0 unspecified atom stereocenters. The first-order valence-corrected chi connectivity index (χ1v) is 9.53. The number of hydrogen-bond acceptors (Lipinski definition) is 3. The second-order valence-corrected chi connectivity index (χ2v) is 7.66. The van der Waals surface area contributed by atoms with Crippen molar-refractivity contribution in [1.29, 1.82) is 0 Å². The van der Waals surface area contributed by atoms with E-state index in [2.05, 4.69) is 10.6 Å². The van der Waals surface area contributed by atoms with Crippen molar-refractivity contribution in [3.63, 3.8) is 0 Å². The summed E-state index contributed by atoms with van der Waals surface area (Å²) in [5, 5.41) is 5.69. The summed E-state index contributed by atoms with van der Waals surface area (Å²) in [5.74, 6) is -0.696. The van der Waals surface area contributed by atoms with Crippen molar-refractivity contribution in [3.8, 4) is 0 Å². The molecule has 0 bridgehead atoms. The maximum absolute atomic E-state index is 12.9. The predicted octanol–water partition coefficient (Wildman–Crippen LogP) is 2.58. The van der Waals surface area contributed by atoms with Gasteiger partial charge >= 0.3 is 5.69 Å². The SMILES string of the molecule is Cc1cccc(C(=O)N[C@H](C(=O)Nc2ccc3c(c2)n(C)c(=O)n3C)C(C)C)c1. The summed E-state index contributed by atoms with van der Waals surface area (Å²) in [6, 6.07) is 11.8. The summed E-state index contributed by atoms with van der Waals surface area (Å²) in [5.41, 5.74) is 3.44. The minimum Gasteiger partial charge on any atom is -0.340 e. The second-order valence-electron chi connectivity index (χ2n) is 7.66. The van der Waals surface area contributed by atoms with E-state index in [0.29, 0.717) is 11.3 Å². The minimum atomic E-state index is -0.696. The highest BCUT2D eigenvalue weighted by Crippen LogP contribution is 2.18. The van der Waals surface area contributed by atoms with Gasteiger partial charge in [-0.15, -0.1) is 0 Å². The molecule has 1 heterocycles. The van der Waals surface area contributed by atoms with E-state index in [4.69, 9.17) is 0 Å². The predicted molar refractivity (Wildman–Crippen MR) is 114 cm³/mol. The molecular formula is C22H26N4O3. The number of hydrogen-bond donors (Lipinski definition) is 2. The third kappa shape index (κ3) is 4.08. The van der Waals surface area contributed by atoms with Gasteiger partial charge in [-0.25, -0.2) is 4.79 Å². The fraction of sp³-hybridized carbons (Fsp3) is 0.318. The molecule has 0 saturated carbocycles. The lowest BCUT2D eigenvalue weighted by Gasteiger charge is -2.22. The van der Waals surface area contributed by atoms with Crippen molar-refractivity contribution in [2.75, 3.05) is 5.32 Å². The third-order valence-corrected chi connectivity index (χ3v) is 5.06. The largest absolute Gasteiger partial charge is 0.340 e. The Morgan fingerprint density at radius 1 is 0.966 bits per heavy atom. The topological polar surface area (TPSA) is 85.1 Å². The van der Waals surface area contributed by atoms with Gasteiger partial charge in [0.15, 0.2) is 0 Å². The fourth-order valence-electron chi connectivity index (χ4n) is 3.35. The van der Waals surface area contributed by atoms with Crippen molar-refractivity contribution < 1.29 is 9.59 Å². The highest BCUT2D eigenvalue weighted by molar-refractivity contribution is 6.02. The van der Waals surface area contributed by atoms with E-state index in [1.54, 1.807) is 49.0 Å². The van der Waals surface area contributed by atoms with Crippen LogP contribution in [0.2, 0.25) is 0 Å². The lowest BCUT2D eigenvalue weighted by molar-refractivity contribution is -0.118. The summed E-state index contributed by atoms with van der Waals surface area (Å²) < 4.78 is 3.09. The van der Waals surface area contributed by atoms with Crippen LogP contribution < -0.4 is 16.3 Å². The van der Waals surface area contributed by atoms with Gasteiger partial charge < -0.3 is 10.6 Å². The number of aryl methyl sites for hydroxylation is 3. The van der Waals surface area contributed by atoms with Crippen LogP contribution in [0.5, 0.6) is 0 Å². The molecule has 2 aromatic carbocycles. The van der Waals surface area contributed by atoms with Gasteiger partial charge in [0, 0.05) is 25.3 Å². The van der Waals surface area contributed by atoms with Gasteiger partial charge in [-0.3, -0.25) is 18.7 Å². The van der Waals surface area contributed by atoms with Crippen LogP contribution in [0.25, 0.3) is 11.0 Å². The molecule has 0 radical (unpaired) electrons. The Morgan fingerprint density at radius 2 is 1.66 bits per heavy atom. The van der Waals surface area contributed by atoms with Crippen LogP contribution in [0.3, 0.4) is 0 Å². The normalized spacial score (nSPS) is 12.2. The zero-order chi connectivity index (χ0) is 21.3. The summed E-state index contributed by atoms with van der Waals surface area (Å²) in [6.07, 6.45) is 0. The van der Waals surface area contributed by atoms with Crippen molar-refractivity contribution >= 4 is 28.5 Å². The Morgan fingerprint density at radius 3 is 2.31 bits per heavy atom. The Kier molecular flexibility index (Phi) is 5.59. The van der Waals surface area contributed by atoms with Crippen LogP contribution in [0.15, 0.2) is 47.3 Å². The first-order chi connectivity index (χ1) is 13.7. The molecule has 0 aliphatic heterocycles. The van der Waals surface area contributed by atoms with Gasteiger partial charge in [-0.1, -0.05) is 31.5 Å². The van der Waals surface area contributed by atoms with Crippen molar-refractivity contribution in [1.82, 2.24) is 14.5 Å². The number of fused-ring (bicyclic) bond motifs is 1. The molecule has 0 saturated heterocycles. The number of nitrogens with one attached hydrogen (secondary N) is 2. The maximum Gasteiger partial charge on any atom is 0.328 e. The number of amides is 2. The first-order valence-electron chi connectivity index (χ1n) is 9.53. The average Bonchev–Trinajstić information content (AvgIpc) is 2.89. The van der Waals surface area contributed by atoms with Gasteiger partial charge in [0.25, 0.3) is 5.91 Å². The molecule has 152 valence electrons. The van der Waals surface area contributed by atoms with Crippen LogP contribution in [0.4, 0.5) is 5.69 Å². The zero-order valence-electron chi connectivity index (χ0n) is 17.3. The summed E-state index contributed by atoms with van der Waals surface area (Å²) in [7, 11) is 3.40. The van der Waals surface area contributed by atoms with Gasteiger partial charge in [0.1, 0.15) is 6.04 Å². The molecule has 0 fully saturated rings. The number of carbonyl (C=O) groups is 2. The molecule has 0 aliphatic rings. The highest BCUT2D eigenvalue weighted by atomic mass is 16.2. The number of imidazole rings is 1. The second kappa shape index (κ2) is 7.95. The molecule has 29 heavy (non-hydrogen) atoms. The van der Waals surface area contributed by atoms with E-state index in [-0.39, 0.29) is 23.4 Å². The summed E-state index contributed by atoms with van der Waals surface area (Å²) >= 11 is 0. The van der Waals surface area contributed by atoms with Crippen LogP contribution in [-0.4, -0.2) is 27.0 Å². The van der Waals surface area contributed by atoms with Crippen molar-refractivity contribution in [2.24, 2.45) is 20.0 Å². The molecular weight excluding hydrogens is 368 g/mol. The number of carbonyl (C=O) groups excluding carboxylic acids is 2. The van der Waals surface area contributed by atoms with E-state index < -0.39 is 6.04 Å². The smallest absolute Gasteiger partial charge is 0.328 e. The van der Waals surface area contributed by atoms with E-state index in [0.717, 1.165) is 16.6 Å². The van der Waals surface area contributed by atoms with E-state index >= 15 is 0 Å². The van der Waals surface area contributed by atoms with Crippen LogP contribution >= 0.6 is 0 Å². The minimum absolute atomic E-state index is 0.103. The van der Waals surface area contributed by atoms with Crippen LogP contribution in [0.1, 0.15) is 29.8 Å². The quantitative estimate of drug-likeness (QED) is 0.698. The molecule has 1 aromatic heterocycles. The van der Waals surface area contributed by atoms with Gasteiger partial charge in [0.05, 0.1) is 11.0 Å². The van der Waals surface area contributed by atoms with Crippen LogP contribution in [-0.2, 0) is 18.9 Å². The molecule has 1 atom stereocenters. The van der Waals surface area contributed by atoms with E-state index in [1.165, 1.54) is 4.57 Å². The molecule has 7 nitrogen and oxygen atoms in total. The maximum atomic E-state index is 12.9. The molecule has 2 amide bonds.